The lowest BCUT2D eigenvalue weighted by molar-refractivity contribution is 0.0819. The molecule has 0 aliphatic carbocycles. The van der Waals surface area contributed by atoms with Gasteiger partial charge in [0.25, 0.3) is 0 Å². The minimum atomic E-state index is -0.0464. The Morgan fingerprint density at radius 3 is 2.79 bits per heavy atom. The first-order chi connectivity index (χ1) is 9.25. The molecule has 3 heteroatoms. The first-order valence-corrected chi connectivity index (χ1v) is 6.70. The van der Waals surface area contributed by atoms with Crippen LogP contribution in [-0.2, 0) is 0 Å². The van der Waals surface area contributed by atoms with E-state index in [0.717, 1.165) is 30.6 Å². The number of nitrogens with zero attached hydrogens (tertiary/aromatic N) is 1. The van der Waals surface area contributed by atoms with Crippen molar-refractivity contribution in [1.82, 2.24) is 10.2 Å². The molecular weight excluding hydrogens is 236 g/mol. The zero-order valence-electron chi connectivity index (χ0n) is 11.1. The van der Waals surface area contributed by atoms with Crippen molar-refractivity contribution in [2.24, 2.45) is 0 Å². The van der Waals surface area contributed by atoms with Crippen LogP contribution >= 0.6 is 0 Å². The number of ketones is 1. The molecule has 98 valence electrons. The smallest absolute Gasteiger partial charge is 0.181 e. The van der Waals surface area contributed by atoms with E-state index in [0.29, 0.717) is 0 Å². The second kappa shape index (κ2) is 5.11. The minimum absolute atomic E-state index is 0.0464. The number of carbonyl (C=O) groups excluding carboxylic acids is 1. The van der Waals surface area contributed by atoms with E-state index < -0.39 is 0 Å². The van der Waals surface area contributed by atoms with Crippen molar-refractivity contribution in [2.45, 2.75) is 6.04 Å². The number of hydrogen-bond acceptors (Lipinski definition) is 3. The predicted molar refractivity (Wildman–Crippen MR) is 77.6 cm³/mol. The Morgan fingerprint density at radius 1 is 1.21 bits per heavy atom. The van der Waals surface area contributed by atoms with Crippen LogP contribution in [0.25, 0.3) is 10.8 Å². The summed E-state index contributed by atoms with van der Waals surface area (Å²) < 4.78 is 0. The fourth-order valence-electron chi connectivity index (χ4n) is 2.63. The molecule has 0 spiro atoms. The molecular formula is C16H18N2O. The number of carbonyl (C=O) groups is 1. The summed E-state index contributed by atoms with van der Waals surface area (Å²) in [5.74, 6) is 0.209. The summed E-state index contributed by atoms with van der Waals surface area (Å²) in [7, 11) is 2.02. The summed E-state index contributed by atoms with van der Waals surface area (Å²) in [6, 6.07) is 14.1. The van der Waals surface area contributed by atoms with Crippen molar-refractivity contribution in [2.75, 3.05) is 26.7 Å². The van der Waals surface area contributed by atoms with Gasteiger partial charge < -0.3 is 5.32 Å². The molecule has 2 aromatic rings. The molecule has 1 heterocycles. The Kier molecular flexibility index (Phi) is 3.32. The molecule has 1 N–H and O–H groups in total. The van der Waals surface area contributed by atoms with Gasteiger partial charge in [-0.1, -0.05) is 36.4 Å². The number of fused-ring (bicyclic) bond motifs is 1. The van der Waals surface area contributed by atoms with Gasteiger partial charge in [0.2, 0.25) is 0 Å². The van der Waals surface area contributed by atoms with Gasteiger partial charge in [-0.25, -0.2) is 0 Å². The number of likely N-dealkylation sites (N-methyl/N-ethyl adjacent to an activating group) is 1. The molecule has 2 aromatic carbocycles. The van der Waals surface area contributed by atoms with E-state index in [1.165, 1.54) is 5.39 Å². The summed E-state index contributed by atoms with van der Waals surface area (Å²) in [4.78, 5) is 14.7. The van der Waals surface area contributed by atoms with Gasteiger partial charge in [-0.2, -0.15) is 0 Å². The number of benzene rings is 2. The molecule has 0 saturated carbocycles. The quantitative estimate of drug-likeness (QED) is 0.831. The molecule has 1 saturated heterocycles. The second-order valence-electron chi connectivity index (χ2n) is 5.13. The molecule has 3 rings (SSSR count). The van der Waals surface area contributed by atoms with Crippen molar-refractivity contribution in [3.63, 3.8) is 0 Å². The number of piperazine rings is 1. The van der Waals surface area contributed by atoms with Gasteiger partial charge in [0, 0.05) is 25.2 Å². The summed E-state index contributed by atoms with van der Waals surface area (Å²) >= 11 is 0. The Labute approximate surface area is 113 Å². The van der Waals surface area contributed by atoms with Crippen molar-refractivity contribution in [3.05, 3.63) is 48.0 Å². The van der Waals surface area contributed by atoms with E-state index in [2.05, 4.69) is 22.3 Å². The van der Waals surface area contributed by atoms with Crippen molar-refractivity contribution < 1.29 is 4.79 Å². The third-order valence-electron chi connectivity index (χ3n) is 3.85. The molecule has 1 aliphatic heterocycles. The van der Waals surface area contributed by atoms with Crippen LogP contribution in [0.2, 0.25) is 0 Å². The lowest BCUT2D eigenvalue weighted by Crippen LogP contribution is -2.53. The minimum Gasteiger partial charge on any atom is -0.313 e. The average molecular weight is 254 g/mol. The van der Waals surface area contributed by atoms with Crippen LogP contribution in [0.4, 0.5) is 0 Å². The average Bonchev–Trinajstić information content (AvgIpc) is 2.46. The Bertz CT molecular complexity index is 608. The molecule has 3 nitrogen and oxygen atoms in total. The maximum atomic E-state index is 12.6. The fourth-order valence-corrected chi connectivity index (χ4v) is 2.63. The van der Waals surface area contributed by atoms with Crippen molar-refractivity contribution in [3.8, 4) is 0 Å². The van der Waals surface area contributed by atoms with Gasteiger partial charge in [0.1, 0.15) is 0 Å². The summed E-state index contributed by atoms with van der Waals surface area (Å²) in [5, 5.41) is 5.59. The van der Waals surface area contributed by atoms with Gasteiger partial charge in [-0.3, -0.25) is 9.69 Å². The Morgan fingerprint density at radius 2 is 2.00 bits per heavy atom. The highest BCUT2D eigenvalue weighted by molar-refractivity contribution is 6.03. The van der Waals surface area contributed by atoms with Gasteiger partial charge in [-0.15, -0.1) is 0 Å². The van der Waals surface area contributed by atoms with Crippen LogP contribution in [0.1, 0.15) is 10.4 Å². The maximum Gasteiger partial charge on any atom is 0.181 e. The van der Waals surface area contributed by atoms with E-state index in [-0.39, 0.29) is 11.8 Å². The van der Waals surface area contributed by atoms with E-state index in [4.69, 9.17) is 0 Å². The van der Waals surface area contributed by atoms with E-state index in [9.17, 15) is 4.79 Å². The third-order valence-corrected chi connectivity index (χ3v) is 3.85. The maximum absolute atomic E-state index is 12.6. The summed E-state index contributed by atoms with van der Waals surface area (Å²) in [5.41, 5.74) is 0.805. The highest BCUT2D eigenvalue weighted by atomic mass is 16.1. The van der Waals surface area contributed by atoms with E-state index >= 15 is 0 Å². The van der Waals surface area contributed by atoms with Crippen LogP contribution in [0.15, 0.2) is 42.5 Å². The largest absolute Gasteiger partial charge is 0.313 e. The molecule has 0 amide bonds. The van der Waals surface area contributed by atoms with E-state index in [1.807, 2.05) is 37.4 Å². The second-order valence-corrected chi connectivity index (χ2v) is 5.13. The Balaban J connectivity index is 1.92. The lowest BCUT2D eigenvalue weighted by atomic mass is 9.99. The SMILES string of the molecule is CN1CCNCC1C(=O)c1ccc2ccccc2c1. The van der Waals surface area contributed by atoms with Crippen LogP contribution in [0.5, 0.6) is 0 Å². The van der Waals surface area contributed by atoms with Crippen LogP contribution < -0.4 is 5.32 Å². The van der Waals surface area contributed by atoms with E-state index in [1.54, 1.807) is 0 Å². The molecule has 1 atom stereocenters. The highest BCUT2D eigenvalue weighted by Crippen LogP contribution is 2.18. The van der Waals surface area contributed by atoms with Gasteiger partial charge >= 0.3 is 0 Å². The number of Topliss-reactive ketones (excluding diaryl/α,β-unsaturated/α-hetero) is 1. The topological polar surface area (TPSA) is 32.3 Å². The first-order valence-electron chi connectivity index (χ1n) is 6.70. The van der Waals surface area contributed by atoms with Crippen LogP contribution in [0.3, 0.4) is 0 Å². The van der Waals surface area contributed by atoms with Crippen molar-refractivity contribution >= 4 is 16.6 Å². The zero-order chi connectivity index (χ0) is 13.2. The lowest BCUT2D eigenvalue weighted by Gasteiger charge is -2.31. The Hall–Kier alpha value is -1.71. The van der Waals surface area contributed by atoms with Gasteiger partial charge in [-0.05, 0) is 23.9 Å². The fraction of sp³-hybridized carbons (Fsp3) is 0.312. The van der Waals surface area contributed by atoms with Gasteiger partial charge in [0.05, 0.1) is 6.04 Å². The van der Waals surface area contributed by atoms with Gasteiger partial charge in [0.15, 0.2) is 5.78 Å². The number of rotatable bonds is 2. The number of nitrogens with one attached hydrogen (secondary N) is 1. The standard InChI is InChI=1S/C16H18N2O/c1-18-9-8-17-11-15(18)16(19)14-7-6-12-4-2-3-5-13(12)10-14/h2-7,10,15,17H,8-9,11H2,1H3. The molecule has 0 bridgehead atoms. The molecule has 0 radical (unpaired) electrons. The normalized spacial score (nSPS) is 20.6. The summed E-state index contributed by atoms with van der Waals surface area (Å²) in [6.45, 7) is 2.62. The van der Waals surface area contributed by atoms with Crippen molar-refractivity contribution in [1.29, 1.82) is 0 Å². The zero-order valence-corrected chi connectivity index (χ0v) is 11.1. The van der Waals surface area contributed by atoms with Crippen LogP contribution in [-0.4, -0.2) is 43.4 Å². The molecule has 19 heavy (non-hydrogen) atoms. The highest BCUT2D eigenvalue weighted by Gasteiger charge is 2.26. The number of hydrogen-bond donors (Lipinski definition) is 1. The first kappa shape index (κ1) is 12.3. The molecule has 0 aromatic heterocycles. The molecule has 1 aliphatic rings. The van der Waals surface area contributed by atoms with Crippen LogP contribution in [0, 0.1) is 0 Å². The monoisotopic (exact) mass is 254 g/mol. The molecule has 1 fully saturated rings. The summed E-state index contributed by atoms with van der Waals surface area (Å²) in [6.07, 6.45) is 0. The predicted octanol–water partition coefficient (Wildman–Crippen LogP) is 1.93. The third kappa shape index (κ3) is 2.39. The molecule has 1 unspecified atom stereocenters.